The van der Waals surface area contributed by atoms with Crippen LogP contribution in [0.3, 0.4) is 0 Å². The van der Waals surface area contributed by atoms with E-state index in [1.807, 2.05) is 35.9 Å². The SMILES string of the molecule is CCC(CCN1CCN(c2ccc(OCC3COC(Cn4ccnc4)(c4ccc(Cl)cc4Cl)O3)cc2)CC1)NC(=O)O. The quantitative estimate of drug-likeness (QED) is 0.290. The van der Waals surface area contributed by atoms with E-state index in [0.29, 0.717) is 35.4 Å². The molecule has 0 bridgehead atoms. The van der Waals surface area contributed by atoms with Crippen LogP contribution in [0, 0.1) is 0 Å². The third-order valence-corrected chi connectivity index (χ3v) is 8.32. The van der Waals surface area contributed by atoms with E-state index in [-0.39, 0.29) is 12.1 Å². The van der Waals surface area contributed by atoms with Gasteiger partial charge in [0.1, 0.15) is 18.5 Å². The number of halogens is 2. The minimum atomic E-state index is -1.09. The monoisotopic (exact) mass is 617 g/mol. The summed E-state index contributed by atoms with van der Waals surface area (Å²) in [7, 11) is 0. The smallest absolute Gasteiger partial charge is 0.404 e. The van der Waals surface area contributed by atoms with E-state index < -0.39 is 11.9 Å². The van der Waals surface area contributed by atoms with Crippen LogP contribution >= 0.6 is 23.2 Å². The number of rotatable bonds is 12. The summed E-state index contributed by atoms with van der Waals surface area (Å²) in [5.74, 6) is -0.332. The molecule has 1 amide bonds. The number of carboxylic acid groups (broad SMARTS) is 1. The second kappa shape index (κ2) is 14.0. The van der Waals surface area contributed by atoms with Gasteiger partial charge in [0.15, 0.2) is 0 Å². The van der Waals surface area contributed by atoms with Crippen LogP contribution in [0.5, 0.6) is 5.75 Å². The minimum Gasteiger partial charge on any atom is -0.491 e. The number of ether oxygens (including phenoxy) is 3. The Bertz CT molecular complexity index is 1300. The molecule has 2 N–H and O–H groups in total. The first-order chi connectivity index (χ1) is 20.3. The molecule has 42 heavy (non-hydrogen) atoms. The van der Waals surface area contributed by atoms with Gasteiger partial charge in [-0.05, 0) is 49.2 Å². The van der Waals surface area contributed by atoms with Gasteiger partial charge in [0.25, 0.3) is 0 Å². The number of benzene rings is 2. The lowest BCUT2D eigenvalue weighted by molar-refractivity contribution is -0.189. The predicted molar refractivity (Wildman–Crippen MR) is 162 cm³/mol. The van der Waals surface area contributed by atoms with E-state index in [4.69, 9.17) is 42.5 Å². The van der Waals surface area contributed by atoms with E-state index in [9.17, 15) is 4.79 Å². The van der Waals surface area contributed by atoms with E-state index in [1.165, 1.54) is 0 Å². The lowest BCUT2D eigenvalue weighted by atomic mass is 10.1. The Labute approximate surface area is 256 Å². The number of imidazole rings is 1. The maximum Gasteiger partial charge on any atom is 0.404 e. The lowest BCUT2D eigenvalue weighted by Gasteiger charge is -2.36. The summed E-state index contributed by atoms with van der Waals surface area (Å²) in [5.41, 5.74) is 1.86. The number of hydrogen-bond acceptors (Lipinski definition) is 7. The largest absolute Gasteiger partial charge is 0.491 e. The van der Waals surface area contributed by atoms with Crippen molar-refractivity contribution in [3.63, 3.8) is 0 Å². The molecule has 10 nitrogen and oxygen atoms in total. The van der Waals surface area contributed by atoms with Crippen LogP contribution in [0.25, 0.3) is 0 Å². The van der Waals surface area contributed by atoms with Gasteiger partial charge >= 0.3 is 6.09 Å². The second-order valence-corrected chi connectivity index (χ2v) is 11.5. The summed E-state index contributed by atoms with van der Waals surface area (Å²) in [6, 6.07) is 13.4. The molecule has 5 rings (SSSR count). The van der Waals surface area contributed by atoms with Crippen molar-refractivity contribution in [2.45, 2.75) is 44.2 Å². The summed E-state index contributed by atoms with van der Waals surface area (Å²) in [6.45, 7) is 7.68. The molecule has 2 aliphatic rings. The van der Waals surface area contributed by atoms with Gasteiger partial charge in [0.2, 0.25) is 5.79 Å². The summed E-state index contributed by atoms with van der Waals surface area (Å²) in [4.78, 5) is 19.8. The van der Waals surface area contributed by atoms with Gasteiger partial charge in [-0.2, -0.15) is 0 Å². The number of piperazine rings is 1. The standard InChI is InChI=1S/C30H37Cl2N5O5/c1-2-23(34-29(38)39)9-11-35-13-15-37(16-14-35)24-4-6-25(7-5-24)40-18-26-19-41-30(42-26,20-36-12-10-33-21-36)27-8-3-22(31)17-28(27)32/h3-8,10,12,17,21,23,26,34H,2,9,11,13-16,18-20H2,1H3,(H,38,39). The molecule has 2 fully saturated rings. The van der Waals surface area contributed by atoms with Gasteiger partial charge in [-0.1, -0.05) is 36.2 Å². The van der Waals surface area contributed by atoms with E-state index in [0.717, 1.165) is 57.0 Å². The van der Waals surface area contributed by atoms with Crippen LogP contribution in [0.2, 0.25) is 10.0 Å². The van der Waals surface area contributed by atoms with Gasteiger partial charge in [0.05, 0.1) is 24.5 Å². The fraction of sp³-hybridized carbons (Fsp3) is 0.467. The zero-order chi connectivity index (χ0) is 29.5. The number of nitrogens with zero attached hydrogens (tertiary/aromatic N) is 4. The molecule has 0 saturated carbocycles. The highest BCUT2D eigenvalue weighted by Gasteiger charge is 2.45. The lowest BCUT2D eigenvalue weighted by Crippen LogP contribution is -2.47. The fourth-order valence-corrected chi connectivity index (χ4v) is 5.99. The van der Waals surface area contributed by atoms with Gasteiger partial charge < -0.3 is 34.1 Å². The molecule has 226 valence electrons. The van der Waals surface area contributed by atoms with Crippen molar-refractivity contribution >= 4 is 35.0 Å². The number of anilines is 1. The Hall–Kier alpha value is -3.02. The second-order valence-electron chi connectivity index (χ2n) is 10.6. The normalized spacial score (nSPS) is 21.8. The first-order valence-corrected chi connectivity index (χ1v) is 15.0. The van der Waals surface area contributed by atoms with Crippen LogP contribution < -0.4 is 15.0 Å². The number of aromatic nitrogens is 2. The number of hydrogen-bond donors (Lipinski definition) is 2. The summed E-state index contributed by atoms with van der Waals surface area (Å²) in [5, 5.41) is 12.6. The van der Waals surface area contributed by atoms with Crippen LogP contribution in [0.1, 0.15) is 25.3 Å². The summed E-state index contributed by atoms with van der Waals surface area (Å²) >= 11 is 12.7. The maximum atomic E-state index is 10.9. The molecular weight excluding hydrogens is 581 g/mol. The van der Waals surface area contributed by atoms with Crippen LogP contribution in [0.4, 0.5) is 10.5 Å². The van der Waals surface area contributed by atoms with Gasteiger partial charge in [-0.15, -0.1) is 0 Å². The van der Waals surface area contributed by atoms with Crippen LogP contribution in [-0.2, 0) is 21.8 Å². The highest BCUT2D eigenvalue weighted by molar-refractivity contribution is 6.35. The molecule has 3 heterocycles. The highest BCUT2D eigenvalue weighted by Crippen LogP contribution is 2.40. The van der Waals surface area contributed by atoms with Crippen molar-refractivity contribution in [2.75, 3.05) is 50.8 Å². The summed E-state index contributed by atoms with van der Waals surface area (Å²) in [6.07, 6.45) is 5.64. The molecule has 3 atom stereocenters. The predicted octanol–water partition coefficient (Wildman–Crippen LogP) is 5.10. The molecule has 1 aromatic heterocycles. The molecule has 3 unspecified atom stereocenters. The van der Waals surface area contributed by atoms with E-state index in [1.54, 1.807) is 24.7 Å². The molecule has 2 aromatic carbocycles. The molecule has 2 saturated heterocycles. The zero-order valence-electron chi connectivity index (χ0n) is 23.6. The third-order valence-electron chi connectivity index (χ3n) is 7.78. The van der Waals surface area contributed by atoms with Gasteiger partial charge in [-0.25, -0.2) is 9.78 Å². The zero-order valence-corrected chi connectivity index (χ0v) is 25.1. The fourth-order valence-electron chi connectivity index (χ4n) is 5.44. The molecule has 2 aliphatic heterocycles. The van der Waals surface area contributed by atoms with Crippen LogP contribution in [-0.4, -0.2) is 83.7 Å². The Morgan fingerprint density at radius 2 is 1.98 bits per heavy atom. The number of nitrogens with one attached hydrogen (secondary N) is 1. The van der Waals surface area contributed by atoms with Crippen molar-refractivity contribution in [2.24, 2.45) is 0 Å². The Morgan fingerprint density at radius 1 is 1.19 bits per heavy atom. The first-order valence-electron chi connectivity index (χ1n) is 14.3. The summed E-state index contributed by atoms with van der Waals surface area (Å²) < 4.78 is 20.7. The van der Waals surface area contributed by atoms with Crippen LogP contribution in [0.15, 0.2) is 61.2 Å². The van der Waals surface area contributed by atoms with Crippen molar-refractivity contribution in [1.29, 1.82) is 0 Å². The topological polar surface area (TPSA) is 101 Å². The van der Waals surface area contributed by atoms with Crippen molar-refractivity contribution in [1.82, 2.24) is 19.8 Å². The third kappa shape index (κ3) is 7.67. The van der Waals surface area contributed by atoms with Gasteiger partial charge in [0, 0.05) is 67.4 Å². The molecule has 12 heteroatoms. The molecule has 3 aromatic rings. The number of carbonyl (C=O) groups is 1. The average Bonchev–Trinajstić information content (AvgIpc) is 3.65. The van der Waals surface area contributed by atoms with Crippen molar-refractivity contribution < 1.29 is 24.1 Å². The molecule has 0 aliphatic carbocycles. The maximum absolute atomic E-state index is 10.9. The molecular formula is C30H37Cl2N5O5. The van der Waals surface area contributed by atoms with Crippen molar-refractivity contribution in [3.8, 4) is 5.75 Å². The Kier molecular flexibility index (Phi) is 10.1. The minimum absolute atomic E-state index is 0.00221. The Morgan fingerprint density at radius 3 is 2.64 bits per heavy atom. The van der Waals surface area contributed by atoms with Gasteiger partial charge in [-0.3, -0.25) is 4.90 Å². The van der Waals surface area contributed by atoms with E-state index >= 15 is 0 Å². The van der Waals surface area contributed by atoms with Crippen molar-refractivity contribution in [3.05, 3.63) is 76.8 Å². The molecule has 0 spiro atoms. The molecule has 0 radical (unpaired) electrons. The highest BCUT2D eigenvalue weighted by atomic mass is 35.5. The van der Waals surface area contributed by atoms with E-state index in [2.05, 4.69) is 32.2 Å². The average molecular weight is 619 g/mol. The number of amides is 1. The first kappa shape index (κ1) is 30.4. The Balaban J connectivity index is 1.12.